The van der Waals surface area contributed by atoms with Crippen molar-refractivity contribution in [3.8, 4) is 11.1 Å². The number of nitrogens with zero attached hydrogens (tertiary/aromatic N) is 7. The van der Waals surface area contributed by atoms with Gasteiger partial charge in [0, 0.05) is 66.2 Å². The highest BCUT2D eigenvalue weighted by atomic mass is 32.2. The number of hydrogen-bond donors (Lipinski definition) is 4. The summed E-state index contributed by atoms with van der Waals surface area (Å²) < 4.78 is 74.3. The summed E-state index contributed by atoms with van der Waals surface area (Å²) >= 11 is 0. The minimum absolute atomic E-state index is 0. The van der Waals surface area contributed by atoms with Crippen molar-refractivity contribution >= 4 is 43.5 Å². The summed E-state index contributed by atoms with van der Waals surface area (Å²) in [5, 5.41) is 13.7. The predicted octanol–water partition coefficient (Wildman–Crippen LogP) is 7.48. The Morgan fingerprint density at radius 1 is 0.803 bits per heavy atom. The highest BCUT2D eigenvalue weighted by Crippen LogP contribution is 2.41. The van der Waals surface area contributed by atoms with Gasteiger partial charge in [-0.15, -0.1) is 0 Å². The molecule has 0 aliphatic heterocycles. The van der Waals surface area contributed by atoms with E-state index in [1.54, 1.807) is 35.3 Å². The van der Waals surface area contributed by atoms with Crippen LogP contribution < -0.4 is 20.1 Å². The first-order valence-corrected chi connectivity index (χ1v) is 25.5. The Bertz CT molecular complexity index is 2880. The molecule has 3 aromatic heterocycles. The van der Waals surface area contributed by atoms with Crippen LogP contribution in [-0.4, -0.2) is 91.4 Å². The van der Waals surface area contributed by atoms with Gasteiger partial charge < -0.3 is 20.4 Å². The second-order valence-corrected chi connectivity index (χ2v) is 21.2. The molecular weight excluding hydrogens is 886 g/mol. The maximum atomic E-state index is 14.8. The molecular formula is C46H66FN11O6S2. The summed E-state index contributed by atoms with van der Waals surface area (Å²) in [7, 11) is -0.675. The van der Waals surface area contributed by atoms with Gasteiger partial charge >= 0.3 is 12.1 Å². The smallest absolute Gasteiger partial charge is 0.307 e. The lowest BCUT2D eigenvalue weighted by Crippen LogP contribution is -2.35. The zero-order valence-corrected chi connectivity index (χ0v) is 39.9. The third-order valence-electron chi connectivity index (χ3n) is 12.7. The Kier molecular flexibility index (Phi) is 13.4. The number of aryl methyl sites for hydroxylation is 3. The third-order valence-corrected chi connectivity index (χ3v) is 15.1. The van der Waals surface area contributed by atoms with Gasteiger partial charge in [0.15, 0.2) is 10.1 Å². The summed E-state index contributed by atoms with van der Waals surface area (Å²) in [6.45, 7) is 4.86. The molecule has 3 heterocycles. The summed E-state index contributed by atoms with van der Waals surface area (Å²) in [6.07, 6.45) is 13.1. The molecule has 4 aliphatic rings. The molecule has 1 fully saturated rings. The normalized spacial score (nSPS) is 15.8. The van der Waals surface area contributed by atoms with Crippen molar-refractivity contribution in [2.75, 3.05) is 38.8 Å². The molecule has 4 amide bonds. The average molecular weight is 952 g/mol. The third kappa shape index (κ3) is 9.86. The zero-order valence-electron chi connectivity index (χ0n) is 38.2. The minimum Gasteiger partial charge on any atom is -0.307 e. The van der Waals surface area contributed by atoms with Crippen LogP contribution in [-0.2, 0) is 71.7 Å². The van der Waals surface area contributed by atoms with E-state index in [4.69, 9.17) is 0 Å². The predicted molar refractivity (Wildman–Crippen MR) is 257 cm³/mol. The second-order valence-electron chi connectivity index (χ2n) is 17.9. The van der Waals surface area contributed by atoms with Crippen molar-refractivity contribution in [3.63, 3.8) is 0 Å². The summed E-state index contributed by atoms with van der Waals surface area (Å²) in [5.41, 5.74) is 9.95. The molecule has 5 aromatic rings. The van der Waals surface area contributed by atoms with Crippen molar-refractivity contribution in [2.24, 2.45) is 0 Å². The first-order valence-electron chi connectivity index (χ1n) is 22.5. The fraction of sp³-hybridized carbons (Fsp3) is 0.457. The summed E-state index contributed by atoms with van der Waals surface area (Å²) in [4.78, 5) is 33.7. The van der Waals surface area contributed by atoms with Crippen LogP contribution in [0.1, 0.15) is 109 Å². The Balaban J connectivity index is 0.000000288. The molecule has 2 aromatic carbocycles. The lowest BCUT2D eigenvalue weighted by Gasteiger charge is -2.20. The van der Waals surface area contributed by atoms with Gasteiger partial charge in [-0.2, -0.15) is 27.0 Å². The Hall–Kier alpha value is -5.70. The maximum Gasteiger partial charge on any atom is 0.333 e. The SMILES string of the molecule is CC(c1cc(S(=O)(=O)NC(=O)Nc2c3c(cc4c2CCC4)CCC3)nn1C1CC1)N(C)C.CCn1nc(S(=O)(=O)NC(=O)Nc2c(-c3cccnc3)cc(F)c3c2CCC3)cc1CN(C)C.[HH].[HH].[HH].[HH]. The van der Waals surface area contributed by atoms with E-state index in [2.05, 4.69) is 36.6 Å². The van der Waals surface area contributed by atoms with Crippen molar-refractivity contribution in [3.05, 3.63) is 99.4 Å². The van der Waals surface area contributed by atoms with Crippen molar-refractivity contribution in [1.82, 2.24) is 43.8 Å². The zero-order chi connectivity index (χ0) is 47.1. The molecule has 0 radical (unpaired) electrons. The van der Waals surface area contributed by atoms with E-state index in [-0.39, 0.29) is 33.7 Å². The molecule has 1 unspecified atom stereocenters. The Labute approximate surface area is 391 Å². The van der Waals surface area contributed by atoms with E-state index in [1.807, 2.05) is 61.2 Å². The van der Waals surface area contributed by atoms with Crippen molar-refractivity contribution in [1.29, 1.82) is 0 Å². The van der Waals surface area contributed by atoms with Crippen LogP contribution >= 0.6 is 0 Å². The number of carbonyl (C=O) groups excluding carboxylic acids is 2. The van der Waals surface area contributed by atoms with Gasteiger partial charge in [-0.3, -0.25) is 14.3 Å². The molecule has 4 N–H and O–H groups in total. The van der Waals surface area contributed by atoms with Crippen LogP contribution in [0.25, 0.3) is 11.1 Å². The molecule has 1 atom stereocenters. The topological polar surface area (TPSA) is 206 Å². The fourth-order valence-electron chi connectivity index (χ4n) is 9.21. The van der Waals surface area contributed by atoms with Gasteiger partial charge in [0.05, 0.1) is 23.1 Å². The number of carbonyl (C=O) groups is 2. The fourth-order valence-corrected chi connectivity index (χ4v) is 11.0. The van der Waals surface area contributed by atoms with Gasteiger partial charge in [-0.05, 0) is 158 Å². The molecule has 1 saturated carbocycles. The second kappa shape index (κ2) is 18.9. The van der Waals surface area contributed by atoms with E-state index >= 15 is 0 Å². The first-order chi connectivity index (χ1) is 31.4. The number of urea groups is 2. The average Bonchev–Trinajstić information content (AvgIpc) is 3.85. The Morgan fingerprint density at radius 3 is 1.97 bits per heavy atom. The number of hydrogen-bond acceptors (Lipinski definition) is 11. The molecule has 20 heteroatoms. The van der Waals surface area contributed by atoms with Gasteiger partial charge in [-0.1, -0.05) is 12.1 Å². The van der Waals surface area contributed by atoms with E-state index in [9.17, 15) is 30.8 Å². The van der Waals surface area contributed by atoms with Gasteiger partial charge in [0.2, 0.25) is 0 Å². The molecule has 360 valence electrons. The van der Waals surface area contributed by atoms with E-state index in [1.165, 1.54) is 34.4 Å². The van der Waals surface area contributed by atoms with E-state index < -0.39 is 32.1 Å². The molecule has 0 bridgehead atoms. The lowest BCUT2D eigenvalue weighted by molar-refractivity contribution is 0.255. The monoisotopic (exact) mass is 951 g/mol. The minimum atomic E-state index is -4.23. The number of pyridine rings is 1. The number of nitrogens with one attached hydrogen (secondary N) is 4. The molecule has 17 nitrogen and oxygen atoms in total. The number of halogens is 1. The number of rotatable bonds is 13. The maximum absolute atomic E-state index is 14.8. The van der Waals surface area contributed by atoms with Crippen LogP contribution in [0.5, 0.6) is 0 Å². The van der Waals surface area contributed by atoms with E-state index in [0.717, 1.165) is 69.2 Å². The number of amides is 4. The van der Waals surface area contributed by atoms with E-state index in [0.29, 0.717) is 59.6 Å². The largest absolute Gasteiger partial charge is 0.333 e. The van der Waals surface area contributed by atoms with Gasteiger partial charge in [-0.25, -0.2) is 23.4 Å². The van der Waals surface area contributed by atoms with Crippen LogP contribution in [0.4, 0.5) is 25.4 Å². The summed E-state index contributed by atoms with van der Waals surface area (Å²) in [6, 6.07) is 8.75. The number of sulfonamides is 2. The number of aromatic nitrogens is 5. The lowest BCUT2D eigenvalue weighted by atomic mass is 9.97. The molecule has 9 rings (SSSR count). The molecule has 0 spiro atoms. The Morgan fingerprint density at radius 2 is 1.39 bits per heavy atom. The molecule has 0 saturated heterocycles. The van der Waals surface area contributed by atoms with Crippen LogP contribution in [0.2, 0.25) is 0 Å². The molecule has 66 heavy (non-hydrogen) atoms. The molecule has 4 aliphatic carbocycles. The number of benzene rings is 2. The first kappa shape index (κ1) is 46.8. The van der Waals surface area contributed by atoms with Crippen molar-refractivity contribution in [2.45, 2.75) is 120 Å². The highest BCUT2D eigenvalue weighted by molar-refractivity contribution is 7.90. The van der Waals surface area contributed by atoms with Crippen molar-refractivity contribution < 1.29 is 36.5 Å². The quantitative estimate of drug-likeness (QED) is 0.0911. The number of fused-ring (bicyclic) bond motifs is 3. The summed E-state index contributed by atoms with van der Waals surface area (Å²) in [5.74, 6) is -0.344. The van der Waals surface area contributed by atoms with Crippen LogP contribution in [0.15, 0.2) is 58.8 Å². The van der Waals surface area contributed by atoms with Gasteiger partial charge in [0.1, 0.15) is 5.82 Å². The standard InChI is InChI=1S/C23H27FN6O3S.C23H31N5O3S.4H2/c1-4-30-16(14-29(2)3)11-21(27-30)34(32,33)28-23(31)26-22-18-9-5-8-17(18)20(24)12-19(22)15-7-6-10-25-13-15;1-14(27(2)3)20-13-21(25-28(20)17-10-11-17)32(30,31)26-23(29)24-22-18-8-4-6-15(18)12-16-7-5-9-19(16)22;;;;/h6-7,10-13H,4-5,8-9,14H2,1-3H3,(H2,26,28,31);12-14,17H,4-11H2,1-3H3,(H2,24,26,29);4*1H. The van der Waals surface area contributed by atoms with Crippen LogP contribution in [0.3, 0.4) is 0 Å². The van der Waals surface area contributed by atoms with Gasteiger partial charge in [0.25, 0.3) is 20.0 Å². The highest BCUT2D eigenvalue weighted by Gasteiger charge is 2.34. The number of anilines is 2. The van der Waals surface area contributed by atoms with Crippen LogP contribution in [0, 0.1) is 5.82 Å².